The minimum absolute atomic E-state index is 0.350. The monoisotopic (exact) mass is 129 g/mol. The van der Waals surface area contributed by atoms with Crippen LogP contribution in [0.2, 0.25) is 0 Å². The van der Waals surface area contributed by atoms with Gasteiger partial charge in [0.25, 0.3) is 0 Å². The number of amides is 3. The largest absolute Gasteiger partial charge is 0.341 e. The van der Waals surface area contributed by atoms with Crippen LogP contribution in [0.15, 0.2) is 0 Å². The molecular weight excluding hydrogens is 120 g/mol. The Morgan fingerprint density at radius 3 is 2.44 bits per heavy atom. The minimum atomic E-state index is -0.424. The van der Waals surface area contributed by atoms with Crippen LogP contribution in [-0.4, -0.2) is 30.9 Å². The average molecular weight is 129 g/mol. The molecular formula is C5H9N2O2. The van der Waals surface area contributed by atoms with Gasteiger partial charge in [0.1, 0.15) is 0 Å². The van der Waals surface area contributed by atoms with Crippen molar-refractivity contribution >= 4 is 12.4 Å². The SMILES string of the molecule is CCN([C]=O)C(=O)NC. The second-order valence-corrected chi connectivity index (χ2v) is 1.39. The molecule has 0 aliphatic rings. The molecule has 0 fully saturated rings. The van der Waals surface area contributed by atoms with E-state index >= 15 is 0 Å². The van der Waals surface area contributed by atoms with Crippen LogP contribution in [0.5, 0.6) is 0 Å². The van der Waals surface area contributed by atoms with E-state index in [-0.39, 0.29) is 0 Å². The van der Waals surface area contributed by atoms with Crippen molar-refractivity contribution in [3.05, 3.63) is 0 Å². The Hall–Kier alpha value is -1.06. The van der Waals surface area contributed by atoms with Gasteiger partial charge in [-0.15, -0.1) is 0 Å². The maximum Gasteiger partial charge on any atom is 0.324 e. The number of carbonyl (C=O) groups excluding carboxylic acids is 2. The Morgan fingerprint density at radius 2 is 2.33 bits per heavy atom. The number of rotatable bonds is 2. The van der Waals surface area contributed by atoms with Crippen molar-refractivity contribution < 1.29 is 9.59 Å². The molecule has 0 heterocycles. The second-order valence-electron chi connectivity index (χ2n) is 1.39. The summed E-state index contributed by atoms with van der Waals surface area (Å²) in [5, 5.41) is 2.29. The predicted molar refractivity (Wildman–Crippen MR) is 32.5 cm³/mol. The van der Waals surface area contributed by atoms with Gasteiger partial charge in [0.2, 0.25) is 0 Å². The second kappa shape index (κ2) is 3.88. The fourth-order valence-electron chi connectivity index (χ4n) is 0.385. The van der Waals surface area contributed by atoms with Crippen molar-refractivity contribution in [2.45, 2.75) is 6.92 Å². The third-order valence-electron chi connectivity index (χ3n) is 0.885. The fraction of sp³-hybridized carbons (Fsp3) is 0.600. The van der Waals surface area contributed by atoms with Crippen LogP contribution in [0.1, 0.15) is 6.92 Å². The van der Waals surface area contributed by atoms with E-state index in [9.17, 15) is 9.59 Å². The highest BCUT2D eigenvalue weighted by molar-refractivity contribution is 5.84. The van der Waals surface area contributed by atoms with Gasteiger partial charge in [-0.3, -0.25) is 9.69 Å². The van der Waals surface area contributed by atoms with Crippen LogP contribution < -0.4 is 5.32 Å². The zero-order valence-corrected chi connectivity index (χ0v) is 5.47. The first-order valence-electron chi connectivity index (χ1n) is 2.63. The maximum absolute atomic E-state index is 10.5. The molecule has 51 valence electrons. The molecule has 1 N–H and O–H groups in total. The summed E-state index contributed by atoms with van der Waals surface area (Å²) in [6.07, 6.45) is 1.47. The van der Waals surface area contributed by atoms with Crippen LogP contribution >= 0.6 is 0 Å². The summed E-state index contributed by atoms with van der Waals surface area (Å²) < 4.78 is 0. The van der Waals surface area contributed by atoms with Crippen LogP contribution in [0.25, 0.3) is 0 Å². The predicted octanol–water partition coefficient (Wildman–Crippen LogP) is -0.285. The van der Waals surface area contributed by atoms with Gasteiger partial charge >= 0.3 is 12.4 Å². The topological polar surface area (TPSA) is 49.4 Å². The Morgan fingerprint density at radius 1 is 1.78 bits per heavy atom. The summed E-state index contributed by atoms with van der Waals surface area (Å²) in [7, 11) is 1.46. The van der Waals surface area contributed by atoms with Gasteiger partial charge in [0.05, 0.1) is 0 Å². The molecule has 4 heteroatoms. The van der Waals surface area contributed by atoms with Crippen LogP contribution in [-0.2, 0) is 4.79 Å². The fourth-order valence-corrected chi connectivity index (χ4v) is 0.385. The number of urea groups is 1. The molecule has 0 aromatic rings. The van der Waals surface area contributed by atoms with Crippen LogP contribution in [0, 0.1) is 0 Å². The molecule has 0 bridgehead atoms. The van der Waals surface area contributed by atoms with Crippen molar-refractivity contribution in [2.24, 2.45) is 0 Å². The Bertz CT molecular complexity index is 114. The highest BCUT2D eigenvalue weighted by Gasteiger charge is 2.06. The molecule has 9 heavy (non-hydrogen) atoms. The lowest BCUT2D eigenvalue weighted by atomic mass is 10.6. The molecule has 0 spiro atoms. The summed E-state index contributed by atoms with van der Waals surface area (Å²) >= 11 is 0. The number of nitrogens with one attached hydrogen (secondary N) is 1. The summed E-state index contributed by atoms with van der Waals surface area (Å²) in [5.41, 5.74) is 0. The van der Waals surface area contributed by atoms with Crippen molar-refractivity contribution in [2.75, 3.05) is 13.6 Å². The molecule has 3 amide bonds. The first kappa shape index (κ1) is 7.94. The van der Waals surface area contributed by atoms with Gasteiger partial charge < -0.3 is 5.32 Å². The van der Waals surface area contributed by atoms with E-state index in [1.165, 1.54) is 13.5 Å². The van der Waals surface area contributed by atoms with Crippen LogP contribution in [0.3, 0.4) is 0 Å². The maximum atomic E-state index is 10.5. The smallest absolute Gasteiger partial charge is 0.324 e. The molecule has 1 radical (unpaired) electrons. The number of hydrogen-bond acceptors (Lipinski definition) is 2. The molecule has 0 aromatic carbocycles. The van der Waals surface area contributed by atoms with Gasteiger partial charge in [-0.25, -0.2) is 4.79 Å². The van der Waals surface area contributed by atoms with E-state index < -0.39 is 6.03 Å². The molecule has 0 aromatic heterocycles. The molecule has 0 atom stereocenters. The van der Waals surface area contributed by atoms with Gasteiger partial charge in [-0.2, -0.15) is 0 Å². The lowest BCUT2D eigenvalue weighted by Crippen LogP contribution is -2.36. The molecule has 0 unspecified atom stereocenters. The molecule has 0 saturated carbocycles. The zero-order chi connectivity index (χ0) is 7.28. The normalized spacial score (nSPS) is 8.22. The summed E-state index contributed by atoms with van der Waals surface area (Å²) in [4.78, 5) is 21.3. The first-order chi connectivity index (χ1) is 4.26. The van der Waals surface area contributed by atoms with E-state index in [0.717, 1.165) is 4.90 Å². The van der Waals surface area contributed by atoms with Gasteiger partial charge in [-0.1, -0.05) is 0 Å². The highest BCUT2D eigenvalue weighted by Crippen LogP contribution is 1.80. The van der Waals surface area contributed by atoms with Gasteiger partial charge in [-0.05, 0) is 6.92 Å². The van der Waals surface area contributed by atoms with E-state index in [2.05, 4.69) is 5.32 Å². The average Bonchev–Trinajstić information content (AvgIpc) is 1.90. The highest BCUT2D eigenvalue weighted by atomic mass is 16.2. The Labute approximate surface area is 53.8 Å². The lowest BCUT2D eigenvalue weighted by Gasteiger charge is -2.08. The number of carbonyl (C=O) groups is 1. The first-order valence-corrected chi connectivity index (χ1v) is 2.63. The van der Waals surface area contributed by atoms with Crippen molar-refractivity contribution in [3.8, 4) is 0 Å². The molecule has 0 rings (SSSR count). The van der Waals surface area contributed by atoms with Crippen molar-refractivity contribution in [1.29, 1.82) is 0 Å². The standard InChI is InChI=1S/C5H9N2O2/c1-3-7(4-8)5(9)6-2/h3H2,1-2H3,(H,6,9). The van der Waals surface area contributed by atoms with E-state index in [1.807, 2.05) is 0 Å². The van der Waals surface area contributed by atoms with E-state index in [1.54, 1.807) is 6.92 Å². The number of hydrogen-bond donors (Lipinski definition) is 1. The van der Waals surface area contributed by atoms with Crippen molar-refractivity contribution in [1.82, 2.24) is 10.2 Å². The number of imide groups is 1. The minimum Gasteiger partial charge on any atom is -0.341 e. The third-order valence-corrected chi connectivity index (χ3v) is 0.885. The summed E-state index contributed by atoms with van der Waals surface area (Å²) in [6.45, 7) is 2.04. The molecule has 0 aliphatic heterocycles. The van der Waals surface area contributed by atoms with E-state index in [0.29, 0.717) is 6.54 Å². The molecule has 0 saturated heterocycles. The summed E-state index contributed by atoms with van der Waals surface area (Å²) in [5.74, 6) is 0. The molecule has 4 nitrogen and oxygen atoms in total. The lowest BCUT2D eigenvalue weighted by molar-refractivity contribution is 0.223. The Balaban J connectivity index is 3.78. The van der Waals surface area contributed by atoms with Crippen molar-refractivity contribution in [3.63, 3.8) is 0 Å². The number of nitrogens with zero attached hydrogens (tertiary/aromatic N) is 1. The van der Waals surface area contributed by atoms with Crippen LogP contribution in [0.4, 0.5) is 4.79 Å². The third kappa shape index (κ3) is 2.12. The van der Waals surface area contributed by atoms with Gasteiger partial charge in [0.15, 0.2) is 0 Å². The summed E-state index contributed by atoms with van der Waals surface area (Å²) in [6, 6.07) is -0.424. The Kier molecular flexibility index (Phi) is 3.43. The van der Waals surface area contributed by atoms with Gasteiger partial charge in [0, 0.05) is 13.6 Å². The zero-order valence-electron chi connectivity index (χ0n) is 5.47. The molecule has 0 aliphatic carbocycles. The quantitative estimate of drug-likeness (QED) is 0.521. The van der Waals surface area contributed by atoms with E-state index in [4.69, 9.17) is 0 Å².